The highest BCUT2D eigenvalue weighted by Gasteiger charge is 2.03. The molecule has 0 radical (unpaired) electrons. The summed E-state index contributed by atoms with van der Waals surface area (Å²) in [5.74, 6) is 0. The normalized spacial score (nSPS) is 11.8. The summed E-state index contributed by atoms with van der Waals surface area (Å²) in [4.78, 5) is 0. The van der Waals surface area contributed by atoms with Crippen LogP contribution in [0, 0.1) is 0 Å². The molecule has 0 fully saturated rings. The fraction of sp³-hybridized carbons (Fsp3) is 0.125. The smallest absolute Gasteiger partial charge is 0.211 e. The number of nitrogens with one attached hydrogen (secondary N) is 1. The molecule has 0 spiro atoms. The first-order valence-corrected chi connectivity index (χ1v) is 7.97. The van der Waals surface area contributed by atoms with E-state index in [-0.39, 0.29) is 0 Å². The molecule has 0 aliphatic rings. The SMILES string of the molecule is O=S(=O)(/C=C/c1ccccc1)NCCc1ccccc1. The summed E-state index contributed by atoms with van der Waals surface area (Å²) in [6, 6.07) is 19.1. The van der Waals surface area contributed by atoms with Crippen molar-refractivity contribution in [1.82, 2.24) is 4.72 Å². The van der Waals surface area contributed by atoms with E-state index in [1.165, 1.54) is 5.41 Å². The van der Waals surface area contributed by atoms with Gasteiger partial charge in [-0.05, 0) is 23.6 Å². The van der Waals surface area contributed by atoms with Crippen LogP contribution in [0.25, 0.3) is 6.08 Å². The van der Waals surface area contributed by atoms with E-state index in [2.05, 4.69) is 4.72 Å². The Morgan fingerprint density at radius 1 is 0.900 bits per heavy atom. The zero-order chi connectivity index (χ0) is 14.3. The molecule has 104 valence electrons. The molecule has 0 heterocycles. The standard InChI is InChI=1S/C16H17NO2S/c18-20(19,14-12-16-9-5-2-6-10-16)17-13-11-15-7-3-1-4-8-15/h1-10,12,14,17H,11,13H2/b14-12+. The van der Waals surface area contributed by atoms with Crippen molar-refractivity contribution in [2.24, 2.45) is 0 Å². The van der Waals surface area contributed by atoms with E-state index in [9.17, 15) is 8.42 Å². The van der Waals surface area contributed by atoms with E-state index in [0.29, 0.717) is 13.0 Å². The average molecular weight is 287 g/mol. The first-order chi connectivity index (χ1) is 9.66. The van der Waals surface area contributed by atoms with Gasteiger partial charge in [-0.3, -0.25) is 0 Å². The Labute approximate surface area is 120 Å². The number of hydrogen-bond acceptors (Lipinski definition) is 2. The first-order valence-electron chi connectivity index (χ1n) is 6.42. The summed E-state index contributed by atoms with van der Waals surface area (Å²) >= 11 is 0. The highest BCUT2D eigenvalue weighted by molar-refractivity contribution is 7.92. The van der Waals surface area contributed by atoms with Crippen LogP contribution in [0.1, 0.15) is 11.1 Å². The summed E-state index contributed by atoms with van der Waals surface area (Å²) < 4.78 is 26.2. The van der Waals surface area contributed by atoms with E-state index in [1.807, 2.05) is 60.7 Å². The fourth-order valence-electron chi connectivity index (χ4n) is 1.76. The van der Waals surface area contributed by atoms with E-state index >= 15 is 0 Å². The fourth-order valence-corrected chi connectivity index (χ4v) is 2.58. The largest absolute Gasteiger partial charge is 0.233 e. The Balaban J connectivity index is 1.87. The van der Waals surface area contributed by atoms with Crippen LogP contribution < -0.4 is 4.72 Å². The molecule has 0 atom stereocenters. The summed E-state index contributed by atoms with van der Waals surface area (Å²) in [7, 11) is -3.38. The third-order valence-electron chi connectivity index (χ3n) is 2.80. The molecule has 0 aliphatic heterocycles. The summed E-state index contributed by atoms with van der Waals surface area (Å²) in [6.07, 6.45) is 2.27. The van der Waals surface area contributed by atoms with E-state index < -0.39 is 10.0 Å². The van der Waals surface area contributed by atoms with Crippen LogP contribution in [0.2, 0.25) is 0 Å². The molecule has 4 heteroatoms. The Morgan fingerprint density at radius 3 is 2.15 bits per heavy atom. The van der Waals surface area contributed by atoms with Crippen molar-refractivity contribution < 1.29 is 8.42 Å². The average Bonchev–Trinajstić information content (AvgIpc) is 2.47. The Morgan fingerprint density at radius 2 is 1.50 bits per heavy atom. The first kappa shape index (κ1) is 14.5. The van der Waals surface area contributed by atoms with Crippen molar-refractivity contribution in [1.29, 1.82) is 0 Å². The molecule has 2 rings (SSSR count). The van der Waals surface area contributed by atoms with Gasteiger partial charge in [-0.25, -0.2) is 13.1 Å². The molecule has 20 heavy (non-hydrogen) atoms. The lowest BCUT2D eigenvalue weighted by atomic mass is 10.2. The summed E-state index contributed by atoms with van der Waals surface area (Å²) in [5, 5.41) is 1.20. The van der Waals surface area contributed by atoms with E-state index in [4.69, 9.17) is 0 Å². The van der Waals surface area contributed by atoms with Crippen molar-refractivity contribution in [3.63, 3.8) is 0 Å². The molecule has 0 bridgehead atoms. The minimum absolute atomic E-state index is 0.394. The van der Waals surface area contributed by atoms with Crippen LogP contribution in [-0.4, -0.2) is 15.0 Å². The van der Waals surface area contributed by atoms with Gasteiger partial charge in [0.25, 0.3) is 0 Å². The van der Waals surface area contributed by atoms with Crippen LogP contribution in [0.3, 0.4) is 0 Å². The minimum atomic E-state index is -3.38. The van der Waals surface area contributed by atoms with Crippen molar-refractivity contribution in [2.75, 3.05) is 6.54 Å². The Hall–Kier alpha value is -1.91. The van der Waals surface area contributed by atoms with Crippen molar-refractivity contribution >= 4 is 16.1 Å². The topological polar surface area (TPSA) is 46.2 Å². The third-order valence-corrected chi connectivity index (χ3v) is 3.90. The van der Waals surface area contributed by atoms with Gasteiger partial charge in [-0.2, -0.15) is 0 Å². The molecular formula is C16H17NO2S. The van der Waals surface area contributed by atoms with Crippen molar-refractivity contribution in [2.45, 2.75) is 6.42 Å². The maximum atomic E-state index is 11.8. The van der Waals surface area contributed by atoms with Gasteiger partial charge in [0.05, 0.1) is 0 Å². The molecular weight excluding hydrogens is 270 g/mol. The van der Waals surface area contributed by atoms with Gasteiger partial charge in [0.2, 0.25) is 10.0 Å². The van der Waals surface area contributed by atoms with E-state index in [0.717, 1.165) is 11.1 Å². The summed E-state index contributed by atoms with van der Waals surface area (Å²) in [5.41, 5.74) is 1.98. The molecule has 0 saturated heterocycles. The van der Waals surface area contributed by atoms with Gasteiger partial charge in [0.1, 0.15) is 0 Å². The lowest BCUT2D eigenvalue weighted by Crippen LogP contribution is -2.23. The van der Waals surface area contributed by atoms with Crippen LogP contribution in [0.15, 0.2) is 66.1 Å². The monoisotopic (exact) mass is 287 g/mol. The third kappa shape index (κ3) is 4.99. The molecule has 3 nitrogen and oxygen atoms in total. The molecule has 2 aromatic rings. The van der Waals surface area contributed by atoms with Crippen LogP contribution >= 0.6 is 0 Å². The second-order valence-corrected chi connectivity index (χ2v) is 6.04. The van der Waals surface area contributed by atoms with Gasteiger partial charge >= 0.3 is 0 Å². The van der Waals surface area contributed by atoms with Crippen LogP contribution in [-0.2, 0) is 16.4 Å². The zero-order valence-electron chi connectivity index (χ0n) is 11.1. The number of rotatable bonds is 6. The molecule has 1 N–H and O–H groups in total. The second-order valence-electron chi connectivity index (χ2n) is 4.39. The molecule has 0 aliphatic carbocycles. The highest BCUT2D eigenvalue weighted by Crippen LogP contribution is 2.03. The van der Waals surface area contributed by atoms with Crippen LogP contribution in [0.4, 0.5) is 0 Å². The lowest BCUT2D eigenvalue weighted by molar-refractivity contribution is 0.591. The number of sulfonamides is 1. The maximum Gasteiger partial charge on any atom is 0.233 e. The summed E-state index contributed by atoms with van der Waals surface area (Å²) in [6.45, 7) is 0.394. The van der Waals surface area contributed by atoms with Crippen LogP contribution in [0.5, 0.6) is 0 Å². The van der Waals surface area contributed by atoms with Gasteiger partial charge in [0, 0.05) is 12.0 Å². The maximum absolute atomic E-state index is 11.8. The van der Waals surface area contributed by atoms with Crippen molar-refractivity contribution in [3.05, 3.63) is 77.2 Å². The second kappa shape index (κ2) is 7.03. The predicted octanol–water partition coefficient (Wildman–Crippen LogP) is 2.82. The minimum Gasteiger partial charge on any atom is -0.211 e. The zero-order valence-corrected chi connectivity index (χ0v) is 11.9. The Kier molecular flexibility index (Phi) is 5.09. The predicted molar refractivity (Wildman–Crippen MR) is 82.5 cm³/mol. The molecule has 0 saturated carbocycles. The van der Waals surface area contributed by atoms with Crippen molar-refractivity contribution in [3.8, 4) is 0 Å². The van der Waals surface area contributed by atoms with E-state index in [1.54, 1.807) is 6.08 Å². The van der Waals surface area contributed by atoms with Gasteiger partial charge in [0.15, 0.2) is 0 Å². The van der Waals surface area contributed by atoms with Gasteiger partial charge in [-0.1, -0.05) is 60.7 Å². The Bertz CT molecular complexity index is 649. The molecule has 0 aromatic heterocycles. The highest BCUT2D eigenvalue weighted by atomic mass is 32.2. The molecule has 0 unspecified atom stereocenters. The quantitative estimate of drug-likeness (QED) is 0.888. The van der Waals surface area contributed by atoms with Gasteiger partial charge < -0.3 is 0 Å². The lowest BCUT2D eigenvalue weighted by Gasteiger charge is -2.03. The van der Waals surface area contributed by atoms with Gasteiger partial charge in [-0.15, -0.1) is 0 Å². The molecule has 0 amide bonds. The molecule has 2 aromatic carbocycles. The number of benzene rings is 2. The number of hydrogen-bond donors (Lipinski definition) is 1.